The van der Waals surface area contributed by atoms with E-state index in [2.05, 4.69) is 10.3 Å². The third-order valence-corrected chi connectivity index (χ3v) is 5.32. The number of alkyl halides is 6. The van der Waals surface area contributed by atoms with Gasteiger partial charge in [-0.3, -0.25) is 0 Å². The third kappa shape index (κ3) is 6.21. The molecule has 1 aromatic heterocycles. The number of halogens is 6. The van der Waals surface area contributed by atoms with Crippen LogP contribution in [0.3, 0.4) is 0 Å². The summed E-state index contributed by atoms with van der Waals surface area (Å²) in [7, 11) is 0. The van der Waals surface area contributed by atoms with E-state index in [4.69, 9.17) is 5.73 Å². The summed E-state index contributed by atoms with van der Waals surface area (Å²) in [5.41, 5.74) is 3.77. The lowest BCUT2D eigenvalue weighted by molar-refractivity contribution is -0.142. The second kappa shape index (κ2) is 10.1. The molecule has 0 bridgehead atoms. The van der Waals surface area contributed by atoms with Crippen LogP contribution >= 0.6 is 0 Å². The number of nitrogens with one attached hydrogen (secondary N) is 1. The zero-order chi connectivity index (χ0) is 24.2. The predicted molar refractivity (Wildman–Crippen MR) is 112 cm³/mol. The molecule has 178 valence electrons. The monoisotopic (exact) mass is 471 g/mol. The molecule has 1 heterocycles. The molecule has 33 heavy (non-hydrogen) atoms. The van der Waals surface area contributed by atoms with Crippen LogP contribution in [0.25, 0.3) is 11.3 Å². The molecule has 0 amide bonds. The maximum Gasteiger partial charge on any atom is 0.433 e. The first-order chi connectivity index (χ1) is 15.5. The van der Waals surface area contributed by atoms with Gasteiger partial charge >= 0.3 is 12.4 Å². The van der Waals surface area contributed by atoms with E-state index in [9.17, 15) is 31.4 Å². The first-order valence-electron chi connectivity index (χ1n) is 10.2. The fourth-order valence-electron chi connectivity index (χ4n) is 3.64. The maximum atomic E-state index is 13.8. The Morgan fingerprint density at radius 1 is 1.00 bits per heavy atom. The Balaban J connectivity index is 1.84. The molecule has 0 fully saturated rings. The van der Waals surface area contributed by atoms with Crippen molar-refractivity contribution in [3.63, 3.8) is 0 Å². The lowest BCUT2D eigenvalue weighted by atomic mass is 9.91. The highest BCUT2D eigenvalue weighted by Crippen LogP contribution is 2.38. The summed E-state index contributed by atoms with van der Waals surface area (Å²) in [6.07, 6.45) is -5.40. The van der Waals surface area contributed by atoms with Crippen LogP contribution in [-0.2, 0) is 12.4 Å². The lowest BCUT2D eigenvalue weighted by Crippen LogP contribution is -2.26. The van der Waals surface area contributed by atoms with Gasteiger partial charge in [0.25, 0.3) is 0 Å². The average Bonchev–Trinajstić information content (AvgIpc) is 3.19. The number of allylic oxidation sites excluding steroid dienone is 3. The molecule has 0 spiro atoms. The first kappa shape index (κ1) is 24.9. The average molecular weight is 471 g/mol. The summed E-state index contributed by atoms with van der Waals surface area (Å²) < 4.78 is 79.5. The molecule has 0 saturated heterocycles. The molecule has 0 radical (unpaired) electrons. The summed E-state index contributed by atoms with van der Waals surface area (Å²) in [6, 6.07) is 6.09. The van der Waals surface area contributed by atoms with Gasteiger partial charge in [-0.1, -0.05) is 36.4 Å². The first-order valence-corrected chi connectivity index (χ1v) is 10.2. The third-order valence-electron chi connectivity index (χ3n) is 5.32. The minimum Gasteiger partial charge on any atom is -0.388 e. The van der Waals surface area contributed by atoms with Crippen molar-refractivity contribution in [2.24, 2.45) is 11.7 Å². The Morgan fingerprint density at radius 2 is 1.70 bits per heavy atom. The summed E-state index contributed by atoms with van der Waals surface area (Å²) in [6.45, 7) is 1.53. The second-order valence-electron chi connectivity index (χ2n) is 7.66. The quantitative estimate of drug-likeness (QED) is 0.380. The Kier molecular flexibility index (Phi) is 7.61. The Labute approximate surface area is 186 Å². The summed E-state index contributed by atoms with van der Waals surface area (Å²) >= 11 is 0. The molecular weight excluding hydrogens is 448 g/mol. The van der Waals surface area contributed by atoms with Crippen molar-refractivity contribution >= 4 is 0 Å². The van der Waals surface area contributed by atoms with E-state index in [1.165, 1.54) is 6.07 Å². The van der Waals surface area contributed by atoms with Gasteiger partial charge in [0.15, 0.2) is 5.69 Å². The molecule has 0 saturated carbocycles. The number of aliphatic hydroxyl groups excluding tert-OH is 1. The molecule has 2 atom stereocenters. The second-order valence-corrected chi connectivity index (χ2v) is 7.66. The highest BCUT2D eigenvalue weighted by atomic mass is 19.4. The zero-order valence-electron chi connectivity index (χ0n) is 17.4. The summed E-state index contributed by atoms with van der Waals surface area (Å²) in [5, 5.41) is 13.8. The van der Waals surface area contributed by atoms with E-state index in [1.54, 1.807) is 12.2 Å². The lowest BCUT2D eigenvalue weighted by Gasteiger charge is -2.22. The van der Waals surface area contributed by atoms with E-state index in [1.807, 2.05) is 6.08 Å². The van der Waals surface area contributed by atoms with E-state index in [0.29, 0.717) is 19.6 Å². The number of pyridine rings is 1. The number of nitrogens with zero attached hydrogens (tertiary/aromatic N) is 1. The normalized spacial score (nSPS) is 17.3. The minimum absolute atomic E-state index is 0.0248. The molecule has 1 aliphatic rings. The number of aliphatic hydroxyl groups is 1. The number of benzene rings is 1. The molecule has 3 rings (SSSR count). The van der Waals surface area contributed by atoms with Gasteiger partial charge in [0, 0.05) is 36.7 Å². The van der Waals surface area contributed by atoms with Gasteiger partial charge in [-0.15, -0.1) is 0 Å². The van der Waals surface area contributed by atoms with E-state index in [0.717, 1.165) is 35.9 Å². The maximum absolute atomic E-state index is 13.8. The van der Waals surface area contributed by atoms with Crippen LogP contribution in [0, 0.1) is 5.92 Å². The number of aromatic nitrogens is 1. The van der Waals surface area contributed by atoms with Crippen LogP contribution in [0.1, 0.15) is 29.3 Å². The van der Waals surface area contributed by atoms with Gasteiger partial charge in [0.2, 0.25) is 0 Å². The van der Waals surface area contributed by atoms with Crippen molar-refractivity contribution in [1.82, 2.24) is 10.3 Å². The van der Waals surface area contributed by atoms with E-state index in [-0.39, 0.29) is 29.2 Å². The van der Waals surface area contributed by atoms with Gasteiger partial charge in [-0.05, 0) is 30.2 Å². The molecule has 0 aliphatic heterocycles. The van der Waals surface area contributed by atoms with Crippen molar-refractivity contribution in [3.05, 3.63) is 77.0 Å². The SMILES string of the molecule is NCCNCC1=CC=CC1C[C@@H](O)c1ccc(-c2ccc(C(F)(F)F)cc2)nc1C(F)(F)F. The van der Waals surface area contributed by atoms with Gasteiger partial charge < -0.3 is 16.2 Å². The van der Waals surface area contributed by atoms with E-state index < -0.39 is 29.7 Å². The Bertz CT molecular complexity index is 1010. The Hall–Kier alpha value is -2.69. The van der Waals surface area contributed by atoms with Crippen LogP contribution in [0.5, 0.6) is 0 Å². The minimum atomic E-state index is -4.86. The molecule has 1 aliphatic carbocycles. The Morgan fingerprint density at radius 3 is 2.30 bits per heavy atom. The van der Waals surface area contributed by atoms with Crippen LogP contribution < -0.4 is 11.1 Å². The number of hydrogen-bond acceptors (Lipinski definition) is 4. The van der Waals surface area contributed by atoms with Gasteiger partial charge in [-0.25, -0.2) is 4.98 Å². The summed E-state index contributed by atoms with van der Waals surface area (Å²) in [5.74, 6) is -0.249. The van der Waals surface area contributed by atoms with Crippen LogP contribution in [0.4, 0.5) is 26.3 Å². The van der Waals surface area contributed by atoms with Crippen molar-refractivity contribution in [1.29, 1.82) is 0 Å². The highest BCUT2D eigenvalue weighted by Gasteiger charge is 2.38. The van der Waals surface area contributed by atoms with Crippen molar-refractivity contribution < 1.29 is 31.4 Å². The van der Waals surface area contributed by atoms with Gasteiger partial charge in [-0.2, -0.15) is 26.3 Å². The van der Waals surface area contributed by atoms with Crippen molar-refractivity contribution in [2.45, 2.75) is 24.9 Å². The highest BCUT2D eigenvalue weighted by molar-refractivity contribution is 5.60. The van der Waals surface area contributed by atoms with E-state index >= 15 is 0 Å². The summed E-state index contributed by atoms with van der Waals surface area (Å²) in [4.78, 5) is 3.66. The molecule has 4 N–H and O–H groups in total. The predicted octanol–water partition coefficient (Wildman–Crippen LogP) is 4.87. The van der Waals surface area contributed by atoms with Gasteiger partial charge in [0.1, 0.15) is 0 Å². The fraction of sp³-hybridized carbons (Fsp3) is 0.348. The standard InChI is InChI=1S/C23H23F6N3O/c24-22(25,26)17-6-4-14(5-7-17)19-9-8-18(21(32-19)23(27,28)29)20(33)12-15-2-1-3-16(15)13-31-11-10-30/h1-9,15,20,31,33H,10-13,30H2/t15?,20-/m1/s1. The number of hydrogen-bond donors (Lipinski definition) is 3. The smallest absolute Gasteiger partial charge is 0.388 e. The number of rotatable bonds is 8. The molecule has 4 nitrogen and oxygen atoms in total. The van der Waals surface area contributed by atoms with Crippen LogP contribution in [0.2, 0.25) is 0 Å². The molecule has 1 unspecified atom stereocenters. The number of nitrogens with two attached hydrogens (primary N) is 1. The zero-order valence-corrected chi connectivity index (χ0v) is 17.4. The van der Waals surface area contributed by atoms with Crippen molar-refractivity contribution in [2.75, 3.05) is 19.6 Å². The molecule has 10 heteroatoms. The van der Waals surface area contributed by atoms with Crippen molar-refractivity contribution in [3.8, 4) is 11.3 Å². The van der Waals surface area contributed by atoms with Gasteiger partial charge in [0.05, 0.1) is 17.4 Å². The topological polar surface area (TPSA) is 71.2 Å². The molecular formula is C23H23F6N3O. The van der Waals surface area contributed by atoms with Crippen LogP contribution in [0.15, 0.2) is 60.2 Å². The molecule has 1 aromatic carbocycles. The van der Waals surface area contributed by atoms with Crippen LogP contribution in [-0.4, -0.2) is 29.7 Å². The fourth-order valence-corrected chi connectivity index (χ4v) is 3.64. The largest absolute Gasteiger partial charge is 0.433 e. The molecule has 2 aromatic rings.